The summed E-state index contributed by atoms with van der Waals surface area (Å²) in [5, 5.41) is 4.98. The molecule has 0 fully saturated rings. The van der Waals surface area contributed by atoms with E-state index in [1.165, 1.54) is 24.5 Å². The van der Waals surface area contributed by atoms with Crippen LogP contribution in [0.5, 0.6) is 5.75 Å². The van der Waals surface area contributed by atoms with Crippen molar-refractivity contribution in [2.45, 2.75) is 12.8 Å². The van der Waals surface area contributed by atoms with Gasteiger partial charge in [0.05, 0.1) is 19.1 Å². The minimum Gasteiger partial charge on any atom is -0.494 e. The van der Waals surface area contributed by atoms with Crippen LogP contribution in [0, 0.1) is 5.82 Å². The van der Waals surface area contributed by atoms with Gasteiger partial charge in [0, 0.05) is 23.8 Å². The zero-order valence-electron chi connectivity index (χ0n) is 12.9. The van der Waals surface area contributed by atoms with Gasteiger partial charge in [-0.1, -0.05) is 0 Å². The summed E-state index contributed by atoms with van der Waals surface area (Å²) in [6.45, 7) is 0. The number of rotatable bonds is 6. The first-order valence-electron chi connectivity index (χ1n) is 7.27. The van der Waals surface area contributed by atoms with Crippen molar-refractivity contribution in [3.63, 3.8) is 0 Å². The fraction of sp³-hybridized carbons (Fsp3) is 0.176. The number of hydrogen-bond acceptors (Lipinski definition) is 5. The molecule has 0 saturated carbocycles. The van der Waals surface area contributed by atoms with Gasteiger partial charge in [-0.15, -0.1) is 11.3 Å². The van der Waals surface area contributed by atoms with E-state index in [1.54, 1.807) is 29.8 Å². The van der Waals surface area contributed by atoms with Crippen LogP contribution in [0.15, 0.2) is 46.4 Å². The maximum atomic E-state index is 13.8. The predicted octanol–water partition coefficient (Wildman–Crippen LogP) is 4.12. The van der Waals surface area contributed by atoms with E-state index in [2.05, 4.69) is 10.3 Å². The van der Waals surface area contributed by atoms with Gasteiger partial charge in [0.2, 0.25) is 5.91 Å². The number of nitrogens with one attached hydrogen (secondary N) is 1. The van der Waals surface area contributed by atoms with Crippen molar-refractivity contribution in [1.82, 2.24) is 4.98 Å². The van der Waals surface area contributed by atoms with Gasteiger partial charge in [-0.25, -0.2) is 9.37 Å². The average Bonchev–Trinajstić information content (AvgIpc) is 3.24. The van der Waals surface area contributed by atoms with Crippen LogP contribution in [0.2, 0.25) is 0 Å². The summed E-state index contributed by atoms with van der Waals surface area (Å²) in [6.07, 6.45) is 2.41. The van der Waals surface area contributed by atoms with Gasteiger partial charge in [-0.3, -0.25) is 4.79 Å². The summed E-state index contributed by atoms with van der Waals surface area (Å²) in [7, 11) is 1.41. The summed E-state index contributed by atoms with van der Waals surface area (Å²) < 4.78 is 23.8. The van der Waals surface area contributed by atoms with E-state index in [0.717, 1.165) is 5.76 Å². The first-order valence-corrected chi connectivity index (χ1v) is 8.15. The van der Waals surface area contributed by atoms with Gasteiger partial charge in [0.1, 0.15) is 5.76 Å². The van der Waals surface area contributed by atoms with Crippen molar-refractivity contribution in [3.05, 3.63) is 53.6 Å². The predicted molar refractivity (Wildman–Crippen MR) is 89.7 cm³/mol. The summed E-state index contributed by atoms with van der Waals surface area (Å²) in [6, 6.07) is 8.24. The summed E-state index contributed by atoms with van der Waals surface area (Å²) in [5.41, 5.74) is 1.23. The maximum Gasteiger partial charge on any atom is 0.226 e. The smallest absolute Gasteiger partial charge is 0.226 e. The number of amides is 1. The number of carbonyl (C=O) groups excluding carboxylic acids is 1. The molecule has 0 bridgehead atoms. The van der Waals surface area contributed by atoms with E-state index in [1.807, 2.05) is 6.07 Å². The van der Waals surface area contributed by atoms with E-state index in [9.17, 15) is 9.18 Å². The molecule has 0 aliphatic carbocycles. The van der Waals surface area contributed by atoms with E-state index >= 15 is 0 Å². The Morgan fingerprint density at radius 1 is 1.42 bits per heavy atom. The van der Waals surface area contributed by atoms with E-state index in [0.29, 0.717) is 29.2 Å². The highest BCUT2D eigenvalue weighted by Crippen LogP contribution is 2.28. The number of nitrogens with zero attached hydrogens (tertiary/aromatic N) is 1. The summed E-state index contributed by atoms with van der Waals surface area (Å²) in [4.78, 5) is 16.2. The van der Waals surface area contributed by atoms with Crippen molar-refractivity contribution in [2.75, 3.05) is 12.4 Å². The third-order valence-corrected chi connectivity index (χ3v) is 4.13. The Labute approximate surface area is 142 Å². The number of anilines is 1. The topological polar surface area (TPSA) is 64.4 Å². The lowest BCUT2D eigenvalue weighted by Crippen LogP contribution is -2.11. The lowest BCUT2D eigenvalue weighted by Gasteiger charge is -2.03. The Balaban J connectivity index is 1.62. The van der Waals surface area contributed by atoms with Crippen LogP contribution in [0.3, 0.4) is 0 Å². The number of carbonyl (C=O) groups is 1. The highest BCUT2D eigenvalue weighted by atomic mass is 32.1. The molecule has 0 atom stereocenters. The molecule has 0 spiro atoms. The van der Waals surface area contributed by atoms with E-state index in [4.69, 9.17) is 9.15 Å². The average molecular weight is 346 g/mol. The molecule has 0 saturated heterocycles. The van der Waals surface area contributed by atoms with Crippen molar-refractivity contribution in [1.29, 1.82) is 0 Å². The molecule has 1 N–H and O–H groups in total. The standard InChI is InChI=1S/C17H15FN2O3S/c1-22-15-6-4-11(9-13(15)18)14-10-24-17(19-14)20-16(21)7-5-12-3-2-8-23-12/h2-4,6,8-10H,5,7H2,1H3,(H,19,20,21). The molecule has 5 nitrogen and oxygen atoms in total. The first kappa shape index (κ1) is 16.2. The van der Waals surface area contributed by atoms with Crippen LogP contribution < -0.4 is 10.1 Å². The monoisotopic (exact) mass is 346 g/mol. The molecule has 1 aromatic carbocycles. The van der Waals surface area contributed by atoms with Crippen LogP contribution in [-0.4, -0.2) is 18.0 Å². The fourth-order valence-electron chi connectivity index (χ4n) is 2.16. The molecule has 0 unspecified atom stereocenters. The van der Waals surface area contributed by atoms with Crippen LogP contribution in [0.1, 0.15) is 12.2 Å². The minimum atomic E-state index is -0.452. The van der Waals surface area contributed by atoms with Gasteiger partial charge in [-0.05, 0) is 30.3 Å². The van der Waals surface area contributed by atoms with E-state index in [-0.39, 0.29) is 11.7 Å². The molecule has 0 aliphatic rings. The molecule has 24 heavy (non-hydrogen) atoms. The molecule has 0 radical (unpaired) electrons. The molecular weight excluding hydrogens is 331 g/mol. The lowest BCUT2D eigenvalue weighted by molar-refractivity contribution is -0.116. The van der Waals surface area contributed by atoms with Crippen molar-refractivity contribution in [3.8, 4) is 17.0 Å². The number of aryl methyl sites for hydroxylation is 1. The third kappa shape index (κ3) is 3.80. The number of methoxy groups -OCH3 is 1. The second-order valence-electron chi connectivity index (χ2n) is 5.01. The molecule has 3 aromatic rings. The molecule has 2 heterocycles. The number of benzene rings is 1. The molecule has 2 aromatic heterocycles. The molecule has 0 aliphatic heterocycles. The quantitative estimate of drug-likeness (QED) is 0.729. The fourth-order valence-corrected chi connectivity index (χ4v) is 2.90. The van der Waals surface area contributed by atoms with Gasteiger partial charge in [0.15, 0.2) is 16.7 Å². The highest BCUT2D eigenvalue weighted by Gasteiger charge is 2.11. The largest absolute Gasteiger partial charge is 0.494 e. The Morgan fingerprint density at radius 2 is 2.29 bits per heavy atom. The van der Waals surface area contributed by atoms with Gasteiger partial charge < -0.3 is 14.5 Å². The molecular formula is C17H15FN2O3S. The SMILES string of the molecule is COc1ccc(-c2csc(NC(=O)CCc3ccco3)n2)cc1F. The maximum absolute atomic E-state index is 13.8. The first-order chi connectivity index (χ1) is 11.7. The number of halogens is 1. The number of furan rings is 1. The molecule has 7 heteroatoms. The third-order valence-electron chi connectivity index (χ3n) is 3.38. The number of aromatic nitrogens is 1. The van der Waals surface area contributed by atoms with Crippen LogP contribution in [0.4, 0.5) is 9.52 Å². The second-order valence-corrected chi connectivity index (χ2v) is 5.87. The molecule has 3 rings (SSSR count). The Bertz CT molecular complexity index is 830. The van der Waals surface area contributed by atoms with Crippen molar-refractivity contribution < 1.29 is 18.3 Å². The Kier molecular flexibility index (Phi) is 4.90. The van der Waals surface area contributed by atoms with Gasteiger partial charge in [0.25, 0.3) is 0 Å². The van der Waals surface area contributed by atoms with Crippen molar-refractivity contribution in [2.24, 2.45) is 0 Å². The van der Waals surface area contributed by atoms with Gasteiger partial charge >= 0.3 is 0 Å². The normalized spacial score (nSPS) is 10.6. The Morgan fingerprint density at radius 3 is 3.00 bits per heavy atom. The molecule has 124 valence electrons. The second kappa shape index (κ2) is 7.27. The van der Waals surface area contributed by atoms with Crippen molar-refractivity contribution >= 4 is 22.4 Å². The van der Waals surface area contributed by atoms with Crippen LogP contribution >= 0.6 is 11.3 Å². The minimum absolute atomic E-state index is 0.145. The zero-order valence-corrected chi connectivity index (χ0v) is 13.7. The van der Waals surface area contributed by atoms with Gasteiger partial charge in [-0.2, -0.15) is 0 Å². The van der Waals surface area contributed by atoms with Crippen LogP contribution in [0.25, 0.3) is 11.3 Å². The number of hydrogen-bond donors (Lipinski definition) is 1. The van der Waals surface area contributed by atoms with Crippen LogP contribution in [-0.2, 0) is 11.2 Å². The zero-order chi connectivity index (χ0) is 16.9. The Hall–Kier alpha value is -2.67. The number of ether oxygens (including phenoxy) is 1. The summed E-state index contributed by atoms with van der Waals surface area (Å²) >= 11 is 1.29. The number of thiazole rings is 1. The highest BCUT2D eigenvalue weighted by molar-refractivity contribution is 7.14. The molecule has 1 amide bonds. The summed E-state index contributed by atoms with van der Waals surface area (Å²) in [5.74, 6) is 0.347. The lowest BCUT2D eigenvalue weighted by atomic mass is 10.1. The van der Waals surface area contributed by atoms with E-state index < -0.39 is 5.82 Å².